The highest BCUT2D eigenvalue weighted by atomic mass is 35.5. The van der Waals surface area contributed by atoms with Crippen molar-refractivity contribution in [3.8, 4) is 11.5 Å². The first-order valence-corrected chi connectivity index (χ1v) is 23.3. The topological polar surface area (TPSA) is 178 Å². The van der Waals surface area contributed by atoms with Crippen LogP contribution in [0.25, 0.3) is 21.8 Å². The number of pyridine rings is 2. The van der Waals surface area contributed by atoms with E-state index in [0.29, 0.717) is 67.3 Å². The Morgan fingerprint density at radius 1 is 0.721 bits per heavy atom. The molecule has 0 atom stereocenters. The minimum atomic E-state index is -1.44. The number of aliphatic hydroxyl groups is 2. The number of fused-ring (bicyclic) bond motifs is 2. The number of likely N-dealkylation sites (N-methyl/N-ethyl adjacent to an activating group) is 2. The van der Waals surface area contributed by atoms with Gasteiger partial charge in [-0.05, 0) is 125 Å². The van der Waals surface area contributed by atoms with Crippen molar-refractivity contribution in [2.45, 2.75) is 74.5 Å². The average molecular weight is 958 g/mol. The van der Waals surface area contributed by atoms with Crippen LogP contribution in [0.4, 0.5) is 26.0 Å². The van der Waals surface area contributed by atoms with Crippen LogP contribution in [0.15, 0.2) is 78.1 Å². The van der Waals surface area contributed by atoms with E-state index >= 15 is 0 Å². The molecule has 0 spiro atoms. The van der Waals surface area contributed by atoms with Gasteiger partial charge in [0.1, 0.15) is 23.1 Å². The highest BCUT2D eigenvalue weighted by molar-refractivity contribution is 5.92. The number of anilines is 3. The van der Waals surface area contributed by atoms with E-state index in [0.717, 1.165) is 78.6 Å². The number of piperidine rings is 2. The van der Waals surface area contributed by atoms with Gasteiger partial charge in [-0.1, -0.05) is 0 Å². The summed E-state index contributed by atoms with van der Waals surface area (Å²) in [5.41, 5.74) is 2.38. The number of nitrogens with one attached hydrogen (secondary N) is 2. The smallest absolute Gasteiger partial charge is 0.258 e. The van der Waals surface area contributed by atoms with Crippen molar-refractivity contribution in [1.29, 1.82) is 0 Å². The first-order valence-electron chi connectivity index (χ1n) is 23.3. The van der Waals surface area contributed by atoms with Crippen molar-refractivity contribution in [3.63, 3.8) is 0 Å². The second kappa shape index (κ2) is 22.1. The molecule has 0 unspecified atom stereocenters. The molecule has 2 saturated heterocycles. The van der Waals surface area contributed by atoms with Crippen molar-refractivity contribution >= 4 is 51.4 Å². The van der Waals surface area contributed by atoms with Crippen molar-refractivity contribution in [2.24, 2.45) is 0 Å². The quantitative estimate of drug-likeness (QED) is 0.0922. The fourth-order valence-corrected chi connectivity index (χ4v) is 8.93. The molecule has 4 aromatic heterocycles. The molecule has 2 saturated carbocycles. The lowest BCUT2D eigenvalue weighted by atomic mass is 9.89. The molecular weight excluding hydrogens is 894 g/mol. The molecular formula is C50H63ClF2N10O5. The Morgan fingerprint density at radius 2 is 1.24 bits per heavy atom. The normalized spacial score (nSPS) is 17.2. The minimum Gasteiger partial charge on any atom is -0.495 e. The molecule has 6 aromatic rings. The molecule has 4 aliphatic rings. The van der Waals surface area contributed by atoms with Gasteiger partial charge in [-0.25, -0.2) is 23.7 Å². The van der Waals surface area contributed by atoms with Crippen LogP contribution >= 0.6 is 12.4 Å². The summed E-state index contributed by atoms with van der Waals surface area (Å²) in [5.74, 6) is 4.02. The van der Waals surface area contributed by atoms with E-state index in [-0.39, 0.29) is 37.0 Å². The number of hydrogen-bond acceptors (Lipinski definition) is 14. The largest absolute Gasteiger partial charge is 0.495 e. The van der Waals surface area contributed by atoms with Crippen molar-refractivity contribution in [2.75, 3.05) is 95.5 Å². The second-order valence-electron chi connectivity index (χ2n) is 17.9. The fourth-order valence-electron chi connectivity index (χ4n) is 8.93. The van der Waals surface area contributed by atoms with E-state index in [4.69, 9.17) is 19.6 Å². The second-order valence-corrected chi connectivity index (χ2v) is 17.9. The van der Waals surface area contributed by atoms with E-state index in [1.807, 2.05) is 60.6 Å². The highest BCUT2D eigenvalue weighted by Crippen LogP contribution is 2.50. The molecule has 15 nitrogen and oxygen atoms in total. The van der Waals surface area contributed by atoms with Gasteiger partial charge < -0.3 is 44.7 Å². The lowest BCUT2D eigenvalue weighted by molar-refractivity contribution is 0.300. The van der Waals surface area contributed by atoms with Crippen LogP contribution < -0.4 is 35.0 Å². The summed E-state index contributed by atoms with van der Waals surface area (Å²) in [6, 6.07) is 15.3. The molecule has 2 aliphatic carbocycles. The number of alkyl halides is 2. The number of H-pyrrole nitrogens is 1. The maximum absolute atomic E-state index is 15.0. The van der Waals surface area contributed by atoms with E-state index in [1.54, 1.807) is 38.7 Å². The Kier molecular flexibility index (Phi) is 16.3. The van der Waals surface area contributed by atoms with Crippen LogP contribution in [-0.4, -0.2) is 121 Å². The Hall–Kier alpha value is -5.75. The number of aliphatic hydroxyl groups excluding tert-OH is 2. The standard InChI is InChI=1S/C25H30FN5O2.C14H16FN3O2.C11H16N2O.ClH/c1-30(13-14-32)18-3-4-21-20(15-18)23(29-24(28-21)25(26)8-9-25)31-11-6-17(7-12-31)19-5-10-27-16-22(19)33-2;1-18(6-7-19)9-2-3-11-10(8-9)12(20)17-13(16-11)14(15)4-5-14;1-14-11-8-13-7-4-10(11)9-2-5-12-6-3-9;/h3-5,10,15-17,32H,6-9,11-14H2,1-2H3;2-3,8,19H,4-7H2,1H3,(H,16,17,20);4,7-9,12H,2-3,5-6H2,1H3;1H. The maximum Gasteiger partial charge on any atom is 0.258 e. The number of halogens is 3. The Labute approximate surface area is 401 Å². The third-order valence-electron chi connectivity index (χ3n) is 13.4. The minimum absolute atomic E-state index is 0. The molecule has 10 rings (SSSR count). The van der Waals surface area contributed by atoms with Gasteiger partial charge in [0.05, 0.1) is 56.2 Å². The summed E-state index contributed by atoms with van der Waals surface area (Å²) in [5, 5.41) is 23.0. The van der Waals surface area contributed by atoms with Gasteiger partial charge in [0.2, 0.25) is 0 Å². The number of rotatable bonds is 13. The van der Waals surface area contributed by atoms with Crippen LogP contribution in [0.1, 0.15) is 86.0 Å². The molecule has 4 fully saturated rings. The van der Waals surface area contributed by atoms with Crippen LogP contribution in [0, 0.1) is 0 Å². The summed E-state index contributed by atoms with van der Waals surface area (Å²) in [6.45, 7) is 4.97. The Morgan fingerprint density at radius 3 is 1.75 bits per heavy atom. The first-order chi connectivity index (χ1) is 32.5. The van der Waals surface area contributed by atoms with Gasteiger partial charge >= 0.3 is 0 Å². The van der Waals surface area contributed by atoms with Gasteiger partial charge in [0.15, 0.2) is 17.2 Å². The fraction of sp³-hybridized carbons (Fsp3) is 0.480. The van der Waals surface area contributed by atoms with Crippen LogP contribution in [0.2, 0.25) is 0 Å². The number of ether oxygens (including phenoxy) is 2. The predicted molar refractivity (Wildman–Crippen MR) is 265 cm³/mol. The predicted octanol–water partition coefficient (Wildman–Crippen LogP) is 7.09. The zero-order chi connectivity index (χ0) is 47.1. The lowest BCUT2D eigenvalue weighted by Crippen LogP contribution is -2.34. The van der Waals surface area contributed by atoms with Gasteiger partial charge in [0, 0.05) is 80.6 Å². The van der Waals surface area contributed by atoms with E-state index in [2.05, 4.69) is 47.3 Å². The van der Waals surface area contributed by atoms with Gasteiger partial charge in [-0.2, -0.15) is 0 Å². The third-order valence-corrected chi connectivity index (χ3v) is 13.4. The van der Waals surface area contributed by atoms with Crippen molar-refractivity contribution < 1.29 is 28.5 Å². The molecule has 0 radical (unpaired) electrons. The molecule has 0 bridgehead atoms. The van der Waals surface area contributed by atoms with Gasteiger partial charge in [0.25, 0.3) is 5.56 Å². The first kappa shape index (κ1) is 50.1. The van der Waals surface area contributed by atoms with Crippen LogP contribution in [0.3, 0.4) is 0 Å². The van der Waals surface area contributed by atoms with Crippen molar-refractivity contribution in [1.82, 2.24) is 35.2 Å². The molecule has 0 amide bonds. The number of hydrogen-bond donors (Lipinski definition) is 4. The lowest BCUT2D eigenvalue weighted by Gasteiger charge is -2.34. The zero-order valence-corrected chi connectivity index (χ0v) is 40.1. The summed E-state index contributed by atoms with van der Waals surface area (Å²) in [4.78, 5) is 42.5. The Bertz CT molecular complexity index is 2690. The maximum atomic E-state index is 15.0. The summed E-state index contributed by atoms with van der Waals surface area (Å²) in [7, 11) is 7.16. The number of aromatic nitrogens is 6. The van der Waals surface area contributed by atoms with E-state index < -0.39 is 11.3 Å². The zero-order valence-electron chi connectivity index (χ0n) is 39.3. The number of benzene rings is 2. The molecule has 18 heteroatoms. The summed E-state index contributed by atoms with van der Waals surface area (Å²) < 4.78 is 39.8. The summed E-state index contributed by atoms with van der Waals surface area (Å²) >= 11 is 0. The molecule has 6 heterocycles. The van der Waals surface area contributed by atoms with Crippen molar-refractivity contribution in [3.05, 3.63) is 106 Å². The van der Waals surface area contributed by atoms with Crippen LogP contribution in [0.5, 0.6) is 11.5 Å². The van der Waals surface area contributed by atoms with Crippen LogP contribution in [-0.2, 0) is 11.3 Å². The van der Waals surface area contributed by atoms with E-state index in [9.17, 15) is 18.7 Å². The molecule has 2 aromatic carbocycles. The number of methoxy groups -OCH3 is 2. The third kappa shape index (κ3) is 11.4. The van der Waals surface area contributed by atoms with Gasteiger partial charge in [-0.15, -0.1) is 12.4 Å². The average Bonchev–Trinajstić information content (AvgIpc) is 4.32. The van der Waals surface area contributed by atoms with E-state index in [1.165, 1.54) is 24.0 Å². The summed E-state index contributed by atoms with van der Waals surface area (Å²) in [6.07, 6.45) is 13.3. The highest BCUT2D eigenvalue weighted by Gasteiger charge is 2.49. The molecule has 68 heavy (non-hydrogen) atoms. The molecule has 364 valence electrons. The van der Waals surface area contributed by atoms with Gasteiger partial charge in [-0.3, -0.25) is 14.8 Å². The number of aromatic amines is 1. The monoisotopic (exact) mass is 956 g/mol. The Balaban J connectivity index is 0.000000166. The SMILES string of the molecule is CN(CCO)c1ccc2nc(C3(F)CC3)[nH]c(=O)c2c1.COc1cnccc1C1CCN(c2nc(C3(F)CC3)nc3ccc(N(C)CCO)cc23)CC1.COc1cnccc1C1CCNCC1.Cl. The number of nitrogens with zero attached hydrogens (tertiary/aromatic N) is 8. The molecule has 2 aliphatic heterocycles. The molecule has 4 N–H and O–H groups in total.